The first-order chi connectivity index (χ1) is 34.0. The zero-order valence-corrected chi connectivity index (χ0v) is 46.6. The number of hydrogen-bond donors (Lipinski definition) is 0. The monoisotopic (exact) mass is 971 g/mol. The van der Waals surface area contributed by atoms with Gasteiger partial charge in [-0.3, -0.25) is 14.4 Å². The van der Waals surface area contributed by atoms with Crippen LogP contribution in [0.1, 0.15) is 342 Å². The zero-order chi connectivity index (χ0) is 50.0. The van der Waals surface area contributed by atoms with Gasteiger partial charge < -0.3 is 14.2 Å². The molecule has 0 aromatic heterocycles. The molecule has 0 aliphatic heterocycles. The summed E-state index contributed by atoms with van der Waals surface area (Å²) in [5.41, 5.74) is 0. The van der Waals surface area contributed by atoms with Gasteiger partial charge in [-0.1, -0.05) is 276 Å². The maximum atomic E-state index is 12.9. The van der Waals surface area contributed by atoms with Crippen molar-refractivity contribution in [1.82, 2.24) is 0 Å². The maximum Gasteiger partial charge on any atom is 0.306 e. The average molecular weight is 972 g/mol. The van der Waals surface area contributed by atoms with Crippen LogP contribution in [0.15, 0.2) is 24.3 Å². The van der Waals surface area contributed by atoms with E-state index in [-0.39, 0.29) is 31.1 Å². The lowest BCUT2D eigenvalue weighted by Gasteiger charge is -2.18. The van der Waals surface area contributed by atoms with Crippen molar-refractivity contribution in [1.29, 1.82) is 0 Å². The molecule has 6 heteroatoms. The summed E-state index contributed by atoms with van der Waals surface area (Å²) >= 11 is 0. The Morgan fingerprint density at radius 2 is 0.478 bits per heavy atom. The Bertz CT molecular complexity index is 1110. The topological polar surface area (TPSA) is 78.9 Å². The van der Waals surface area contributed by atoms with Gasteiger partial charge in [0.05, 0.1) is 0 Å². The fourth-order valence-electron chi connectivity index (χ4n) is 9.26. The second kappa shape index (κ2) is 58.5. The van der Waals surface area contributed by atoms with Crippen LogP contribution in [0, 0.1) is 0 Å². The number of carbonyl (C=O) groups is 3. The lowest BCUT2D eigenvalue weighted by molar-refractivity contribution is -0.167. The third-order valence-corrected chi connectivity index (χ3v) is 13.9. The SMILES string of the molecule is CCCCCCCC/C=C\CCCCCCCCCC(=O)OC(COC(=O)CCCCCCCCCCC/C=C\CCCCCCCCCC)COC(=O)CCCCCCCCCCCCCCC. The van der Waals surface area contributed by atoms with Crippen LogP contribution in [0.25, 0.3) is 0 Å². The fraction of sp³-hybridized carbons (Fsp3) is 0.889. The van der Waals surface area contributed by atoms with E-state index in [9.17, 15) is 14.4 Å². The molecule has 0 aliphatic rings. The largest absolute Gasteiger partial charge is 0.462 e. The second-order valence-corrected chi connectivity index (χ2v) is 21.0. The molecule has 0 saturated carbocycles. The third kappa shape index (κ3) is 56.7. The van der Waals surface area contributed by atoms with Gasteiger partial charge in [0, 0.05) is 19.3 Å². The number of rotatable bonds is 57. The summed E-state index contributed by atoms with van der Waals surface area (Å²) in [6.45, 7) is 6.68. The van der Waals surface area contributed by atoms with Crippen molar-refractivity contribution in [2.45, 2.75) is 348 Å². The van der Waals surface area contributed by atoms with Gasteiger partial charge in [0.15, 0.2) is 6.10 Å². The molecule has 0 radical (unpaired) electrons. The van der Waals surface area contributed by atoms with E-state index >= 15 is 0 Å². The molecule has 0 aromatic rings. The predicted octanol–water partition coefficient (Wildman–Crippen LogP) is 20.7. The number of allylic oxidation sites excluding steroid dienone is 4. The van der Waals surface area contributed by atoms with Crippen LogP contribution in [0.5, 0.6) is 0 Å². The van der Waals surface area contributed by atoms with Crippen molar-refractivity contribution in [2.75, 3.05) is 13.2 Å². The molecule has 0 rings (SSSR count). The van der Waals surface area contributed by atoms with Crippen molar-refractivity contribution in [3.63, 3.8) is 0 Å². The Balaban J connectivity index is 4.29. The van der Waals surface area contributed by atoms with Crippen molar-refractivity contribution >= 4 is 17.9 Å². The third-order valence-electron chi connectivity index (χ3n) is 13.9. The second-order valence-electron chi connectivity index (χ2n) is 21.0. The van der Waals surface area contributed by atoms with Gasteiger partial charge in [-0.2, -0.15) is 0 Å². The Morgan fingerprint density at radius 3 is 0.725 bits per heavy atom. The first-order valence-corrected chi connectivity index (χ1v) is 30.8. The van der Waals surface area contributed by atoms with E-state index < -0.39 is 6.10 Å². The predicted molar refractivity (Wildman–Crippen MR) is 298 cm³/mol. The molecule has 1 atom stereocenters. The van der Waals surface area contributed by atoms with Gasteiger partial charge in [0.1, 0.15) is 13.2 Å². The van der Waals surface area contributed by atoms with Crippen LogP contribution < -0.4 is 0 Å². The number of carbonyl (C=O) groups excluding carboxylic acids is 3. The molecule has 0 N–H and O–H groups in total. The molecule has 406 valence electrons. The van der Waals surface area contributed by atoms with E-state index in [1.165, 1.54) is 244 Å². The smallest absolute Gasteiger partial charge is 0.306 e. The minimum absolute atomic E-state index is 0.0689. The zero-order valence-electron chi connectivity index (χ0n) is 46.6. The highest BCUT2D eigenvalue weighted by atomic mass is 16.6. The van der Waals surface area contributed by atoms with Gasteiger partial charge in [-0.05, 0) is 70.6 Å². The average Bonchev–Trinajstić information content (AvgIpc) is 3.35. The number of esters is 3. The van der Waals surface area contributed by atoms with Gasteiger partial charge in [0.2, 0.25) is 0 Å². The van der Waals surface area contributed by atoms with Crippen molar-refractivity contribution < 1.29 is 28.6 Å². The van der Waals surface area contributed by atoms with E-state index in [0.29, 0.717) is 19.3 Å². The van der Waals surface area contributed by atoms with Crippen LogP contribution >= 0.6 is 0 Å². The Labute approximate surface area is 430 Å². The van der Waals surface area contributed by atoms with Crippen LogP contribution in [-0.2, 0) is 28.6 Å². The summed E-state index contributed by atoms with van der Waals surface area (Å²) in [4.78, 5) is 38.2. The maximum absolute atomic E-state index is 12.9. The number of ether oxygens (including phenoxy) is 3. The quantitative estimate of drug-likeness (QED) is 0.0261. The summed E-state index contributed by atoms with van der Waals surface area (Å²) < 4.78 is 16.9. The normalized spacial score (nSPS) is 12.1. The van der Waals surface area contributed by atoms with E-state index in [1.807, 2.05) is 0 Å². The number of unbranched alkanes of at least 4 members (excludes halogenated alkanes) is 42. The van der Waals surface area contributed by atoms with Crippen molar-refractivity contribution in [3.05, 3.63) is 24.3 Å². The Hall–Kier alpha value is -2.11. The van der Waals surface area contributed by atoms with Crippen molar-refractivity contribution in [3.8, 4) is 0 Å². The highest BCUT2D eigenvalue weighted by molar-refractivity contribution is 5.71. The lowest BCUT2D eigenvalue weighted by atomic mass is 10.0. The van der Waals surface area contributed by atoms with E-state index in [1.54, 1.807) is 0 Å². The van der Waals surface area contributed by atoms with E-state index in [0.717, 1.165) is 57.8 Å². The minimum Gasteiger partial charge on any atom is -0.462 e. The van der Waals surface area contributed by atoms with Gasteiger partial charge in [-0.15, -0.1) is 0 Å². The number of hydrogen-bond acceptors (Lipinski definition) is 6. The highest BCUT2D eigenvalue weighted by Gasteiger charge is 2.19. The first kappa shape index (κ1) is 66.9. The van der Waals surface area contributed by atoms with Gasteiger partial charge in [0.25, 0.3) is 0 Å². The molecule has 0 aliphatic carbocycles. The molecule has 1 unspecified atom stereocenters. The van der Waals surface area contributed by atoms with Crippen LogP contribution in [-0.4, -0.2) is 37.2 Å². The highest BCUT2D eigenvalue weighted by Crippen LogP contribution is 2.17. The Kier molecular flexibility index (Phi) is 56.7. The van der Waals surface area contributed by atoms with Crippen LogP contribution in [0.4, 0.5) is 0 Å². The molecule has 0 spiro atoms. The molecule has 0 amide bonds. The Morgan fingerprint density at radius 1 is 0.275 bits per heavy atom. The molecule has 69 heavy (non-hydrogen) atoms. The van der Waals surface area contributed by atoms with Crippen LogP contribution in [0.2, 0.25) is 0 Å². The molecule has 6 nitrogen and oxygen atoms in total. The molecule has 0 saturated heterocycles. The van der Waals surface area contributed by atoms with Gasteiger partial charge >= 0.3 is 17.9 Å². The summed E-state index contributed by atoms with van der Waals surface area (Å²) in [5.74, 6) is -0.853. The van der Waals surface area contributed by atoms with E-state index in [4.69, 9.17) is 14.2 Å². The fourth-order valence-corrected chi connectivity index (χ4v) is 9.26. The summed E-state index contributed by atoms with van der Waals surface area (Å²) in [7, 11) is 0. The molecule has 0 fully saturated rings. The minimum atomic E-state index is -0.771. The summed E-state index contributed by atoms with van der Waals surface area (Å²) in [5, 5.41) is 0. The summed E-state index contributed by atoms with van der Waals surface area (Å²) in [6, 6.07) is 0. The molecule has 0 bridgehead atoms. The molecular formula is C63H118O6. The molecule has 0 aromatic carbocycles. The van der Waals surface area contributed by atoms with Crippen LogP contribution in [0.3, 0.4) is 0 Å². The van der Waals surface area contributed by atoms with Crippen molar-refractivity contribution in [2.24, 2.45) is 0 Å². The van der Waals surface area contributed by atoms with E-state index in [2.05, 4.69) is 45.1 Å². The summed E-state index contributed by atoms with van der Waals surface area (Å²) in [6.07, 6.45) is 68.9. The first-order valence-electron chi connectivity index (χ1n) is 30.8. The lowest BCUT2D eigenvalue weighted by Crippen LogP contribution is -2.30. The standard InChI is InChI=1S/C63H118O6/c1-4-7-10-13-16-19-22-25-27-29-30-31-32-34-35-38-41-44-47-50-53-56-62(65)68-59-60(58-67-61(64)55-52-49-46-43-40-37-24-21-18-15-12-9-6-3)69-63(66)57-54-51-48-45-42-39-36-33-28-26-23-20-17-14-11-8-5-2/h26,28-30,60H,4-25,27,31-59H2,1-3H3/b28-26-,30-29-. The molecular weight excluding hydrogens is 853 g/mol. The molecule has 0 heterocycles. The van der Waals surface area contributed by atoms with Gasteiger partial charge in [-0.25, -0.2) is 0 Å².